The zero-order valence-corrected chi connectivity index (χ0v) is 13.6. The van der Waals surface area contributed by atoms with Crippen molar-refractivity contribution in [2.75, 3.05) is 0 Å². The maximum Gasteiger partial charge on any atom is 0.251 e. The molecule has 126 valence electrons. The van der Waals surface area contributed by atoms with Crippen molar-refractivity contribution in [3.63, 3.8) is 0 Å². The van der Waals surface area contributed by atoms with Gasteiger partial charge in [-0.3, -0.25) is 4.68 Å². The molecule has 0 amide bonds. The summed E-state index contributed by atoms with van der Waals surface area (Å²) in [6.45, 7) is 5.45. The molecule has 3 rings (SSSR count). The summed E-state index contributed by atoms with van der Waals surface area (Å²) in [5, 5.41) is 8.13. The maximum absolute atomic E-state index is 13.6. The smallest absolute Gasteiger partial charge is 0.251 e. The van der Waals surface area contributed by atoms with Crippen molar-refractivity contribution >= 4 is 0 Å². The maximum atomic E-state index is 13.6. The van der Waals surface area contributed by atoms with Crippen LogP contribution in [0.5, 0.6) is 0 Å². The molecule has 1 fully saturated rings. The molecule has 1 aliphatic rings. The Morgan fingerprint density at radius 2 is 2.00 bits per heavy atom. The van der Waals surface area contributed by atoms with Crippen LogP contribution in [-0.2, 0) is 19.4 Å². The van der Waals surface area contributed by atoms with Crippen LogP contribution in [0.3, 0.4) is 0 Å². The lowest BCUT2D eigenvalue weighted by molar-refractivity contribution is -0.0551. The van der Waals surface area contributed by atoms with Crippen LogP contribution in [0, 0.1) is 19.3 Å². The zero-order valence-electron chi connectivity index (χ0n) is 13.6. The quantitative estimate of drug-likeness (QED) is 0.783. The van der Waals surface area contributed by atoms with Gasteiger partial charge in [-0.1, -0.05) is 5.16 Å². The number of aryl methyl sites for hydroxylation is 4. The molecule has 0 bridgehead atoms. The number of hydrogen-bond donors (Lipinski definition) is 0. The van der Waals surface area contributed by atoms with Crippen LogP contribution in [0.2, 0.25) is 0 Å². The molecule has 8 heteroatoms. The summed E-state index contributed by atoms with van der Waals surface area (Å²) in [5.74, 6) is -0.208. The number of rotatable bonds is 7. The van der Waals surface area contributed by atoms with Gasteiger partial charge in [0.1, 0.15) is 11.6 Å². The third-order valence-electron chi connectivity index (χ3n) is 4.51. The topological polar surface area (TPSA) is 69.6 Å². The Morgan fingerprint density at radius 3 is 2.57 bits per heavy atom. The largest absolute Gasteiger partial charge is 0.339 e. The Hall–Kier alpha value is -1.86. The summed E-state index contributed by atoms with van der Waals surface area (Å²) >= 11 is 0. The Kier molecular flexibility index (Phi) is 3.93. The molecule has 0 aromatic carbocycles. The average molecular weight is 325 g/mol. The number of nitrogens with zero attached hydrogens (tertiary/aromatic N) is 5. The Balaban J connectivity index is 1.53. The minimum absolute atomic E-state index is 0.182. The monoisotopic (exact) mass is 325 g/mol. The van der Waals surface area contributed by atoms with Gasteiger partial charge in [0.2, 0.25) is 5.89 Å². The molecule has 0 N–H and O–H groups in total. The zero-order chi connectivity index (χ0) is 16.7. The van der Waals surface area contributed by atoms with Gasteiger partial charge in [0, 0.05) is 24.8 Å². The summed E-state index contributed by atoms with van der Waals surface area (Å²) in [6.07, 6.45) is 2.60. The van der Waals surface area contributed by atoms with E-state index in [1.54, 1.807) is 0 Å². The Morgan fingerprint density at radius 1 is 1.26 bits per heavy atom. The predicted molar refractivity (Wildman–Crippen MR) is 78.1 cm³/mol. The highest BCUT2D eigenvalue weighted by Crippen LogP contribution is 2.58. The molecule has 0 saturated heterocycles. The first-order valence-electron chi connectivity index (χ1n) is 7.86. The van der Waals surface area contributed by atoms with Crippen molar-refractivity contribution in [3.05, 3.63) is 23.4 Å². The summed E-state index contributed by atoms with van der Waals surface area (Å²) < 4.78 is 34.2. The Bertz CT molecular complexity index is 684. The number of halogens is 2. The van der Waals surface area contributed by atoms with Crippen molar-refractivity contribution in [1.82, 2.24) is 24.9 Å². The van der Waals surface area contributed by atoms with Crippen molar-refractivity contribution in [1.29, 1.82) is 0 Å². The van der Waals surface area contributed by atoms with E-state index < -0.39 is 11.3 Å². The lowest BCUT2D eigenvalue weighted by Crippen LogP contribution is -2.28. The fraction of sp³-hybridized carbons (Fsp3) is 0.733. The molecule has 1 aliphatic carbocycles. The van der Waals surface area contributed by atoms with E-state index >= 15 is 0 Å². The van der Waals surface area contributed by atoms with Gasteiger partial charge >= 0.3 is 0 Å². The van der Waals surface area contributed by atoms with E-state index in [1.165, 1.54) is 0 Å². The predicted octanol–water partition coefficient (Wildman–Crippen LogP) is 2.89. The number of alkyl halides is 2. The van der Waals surface area contributed by atoms with E-state index in [1.807, 2.05) is 18.5 Å². The van der Waals surface area contributed by atoms with Crippen LogP contribution in [0.25, 0.3) is 0 Å². The standard InChI is InChI=1S/C15H21F2N5O/c1-10-18-11(2)22(20-10)8-4-5-13-19-12(21-23-13)9-15(6-7-15)14(3,16)17/h4-9H2,1-3H3. The van der Waals surface area contributed by atoms with Crippen molar-refractivity contribution < 1.29 is 13.3 Å². The van der Waals surface area contributed by atoms with Gasteiger partial charge in [-0.15, -0.1) is 0 Å². The highest BCUT2D eigenvalue weighted by Gasteiger charge is 2.59. The van der Waals surface area contributed by atoms with Gasteiger partial charge in [0.05, 0.1) is 0 Å². The van der Waals surface area contributed by atoms with Crippen molar-refractivity contribution in [2.45, 2.75) is 65.3 Å². The van der Waals surface area contributed by atoms with Gasteiger partial charge in [-0.25, -0.2) is 13.8 Å². The summed E-state index contributed by atoms with van der Waals surface area (Å²) in [4.78, 5) is 8.49. The average Bonchev–Trinajstić information content (AvgIpc) is 2.99. The minimum atomic E-state index is -2.70. The fourth-order valence-electron chi connectivity index (χ4n) is 2.84. The second kappa shape index (κ2) is 5.65. The first-order valence-corrected chi connectivity index (χ1v) is 7.86. The number of aromatic nitrogens is 5. The lowest BCUT2D eigenvalue weighted by atomic mass is 9.95. The van der Waals surface area contributed by atoms with Crippen LogP contribution in [-0.4, -0.2) is 30.8 Å². The second-order valence-corrected chi connectivity index (χ2v) is 6.48. The normalized spacial score (nSPS) is 16.7. The molecule has 2 aromatic rings. The molecular weight excluding hydrogens is 304 g/mol. The van der Waals surface area contributed by atoms with Crippen molar-refractivity contribution in [2.24, 2.45) is 5.41 Å². The first kappa shape index (κ1) is 16.0. The van der Waals surface area contributed by atoms with Gasteiger partial charge in [-0.2, -0.15) is 10.1 Å². The molecule has 0 atom stereocenters. The Labute approximate surface area is 133 Å². The lowest BCUT2D eigenvalue weighted by Gasteiger charge is -2.20. The third-order valence-corrected chi connectivity index (χ3v) is 4.51. The van der Waals surface area contributed by atoms with Gasteiger partial charge in [0.25, 0.3) is 5.92 Å². The van der Waals surface area contributed by atoms with E-state index in [9.17, 15) is 8.78 Å². The molecule has 0 unspecified atom stereocenters. The summed E-state index contributed by atoms with van der Waals surface area (Å²) in [7, 11) is 0. The molecule has 2 aromatic heterocycles. The molecule has 23 heavy (non-hydrogen) atoms. The van der Waals surface area contributed by atoms with Gasteiger partial charge in [-0.05, 0) is 40.0 Å². The van der Waals surface area contributed by atoms with E-state index in [0.29, 0.717) is 37.5 Å². The highest BCUT2D eigenvalue weighted by atomic mass is 19.3. The number of hydrogen-bond acceptors (Lipinski definition) is 5. The SMILES string of the molecule is Cc1nc(C)n(CCCc2nc(CC3(C(C)(F)F)CC3)no2)n1. The highest BCUT2D eigenvalue weighted by molar-refractivity contribution is 5.07. The molecule has 1 saturated carbocycles. The molecule has 0 spiro atoms. The molecular formula is C15H21F2N5O. The summed E-state index contributed by atoms with van der Waals surface area (Å²) in [5.41, 5.74) is -0.969. The molecule has 0 aliphatic heterocycles. The van der Waals surface area contributed by atoms with Crippen LogP contribution in [0.4, 0.5) is 8.78 Å². The summed E-state index contributed by atoms with van der Waals surface area (Å²) in [6, 6.07) is 0. The van der Waals surface area contributed by atoms with Crippen LogP contribution < -0.4 is 0 Å². The van der Waals surface area contributed by atoms with Crippen molar-refractivity contribution in [3.8, 4) is 0 Å². The fourth-order valence-corrected chi connectivity index (χ4v) is 2.84. The van der Waals surface area contributed by atoms with Gasteiger partial charge < -0.3 is 4.52 Å². The first-order chi connectivity index (χ1) is 10.8. The van der Waals surface area contributed by atoms with E-state index in [2.05, 4.69) is 20.2 Å². The molecule has 0 radical (unpaired) electrons. The molecule has 6 nitrogen and oxygen atoms in total. The van der Waals surface area contributed by atoms with Crippen LogP contribution in [0.15, 0.2) is 4.52 Å². The van der Waals surface area contributed by atoms with E-state index in [0.717, 1.165) is 25.0 Å². The molecule has 2 heterocycles. The third kappa shape index (κ3) is 3.40. The van der Waals surface area contributed by atoms with Crippen LogP contribution >= 0.6 is 0 Å². The van der Waals surface area contributed by atoms with Crippen LogP contribution in [0.1, 0.15) is 49.6 Å². The van der Waals surface area contributed by atoms with E-state index in [-0.39, 0.29) is 6.42 Å². The minimum Gasteiger partial charge on any atom is -0.339 e. The van der Waals surface area contributed by atoms with Gasteiger partial charge in [0.15, 0.2) is 5.82 Å². The second-order valence-electron chi connectivity index (χ2n) is 6.48. The van der Waals surface area contributed by atoms with E-state index in [4.69, 9.17) is 4.52 Å².